The van der Waals surface area contributed by atoms with E-state index in [1.54, 1.807) is 0 Å². The minimum atomic E-state index is -0.987. The number of carbonyl (C=O) groups excluding carboxylic acids is 1. The van der Waals surface area contributed by atoms with Gasteiger partial charge in [0.05, 0.1) is 12.7 Å². The molecule has 1 atom stereocenters. The summed E-state index contributed by atoms with van der Waals surface area (Å²) in [5.74, 6) is -0.872. The number of rotatable bonds is 8. The topological polar surface area (TPSA) is 97.1 Å². The number of hydrogen-bond donors (Lipinski definition) is 2. The van der Waals surface area contributed by atoms with Crippen molar-refractivity contribution in [1.82, 2.24) is 20.3 Å². The average Bonchev–Trinajstić information content (AvgIpc) is 2.98. The third-order valence-electron chi connectivity index (χ3n) is 3.82. The summed E-state index contributed by atoms with van der Waals surface area (Å²) < 4.78 is 1.23. The molecule has 128 valence electrons. The summed E-state index contributed by atoms with van der Waals surface area (Å²) in [4.78, 5) is 22.7. The van der Waals surface area contributed by atoms with Crippen LogP contribution in [0.3, 0.4) is 0 Å². The predicted molar refractivity (Wildman–Crippen MR) is 88.3 cm³/mol. The van der Waals surface area contributed by atoms with Crippen molar-refractivity contribution >= 4 is 11.9 Å². The Morgan fingerprint density at radius 3 is 2.62 bits per heavy atom. The molecule has 1 amide bonds. The Balaban J connectivity index is 1.86. The second-order valence-corrected chi connectivity index (χ2v) is 5.80. The molecular formula is C17H22N4O3. The monoisotopic (exact) mass is 330 g/mol. The fraction of sp³-hybridized carbons (Fsp3) is 0.412. The van der Waals surface area contributed by atoms with Crippen LogP contribution in [-0.4, -0.2) is 32.0 Å². The minimum absolute atomic E-state index is 0.0600. The summed E-state index contributed by atoms with van der Waals surface area (Å²) in [5.41, 5.74) is 2.89. The van der Waals surface area contributed by atoms with Crippen LogP contribution in [0, 0.1) is 6.92 Å². The highest BCUT2D eigenvalue weighted by Gasteiger charge is 2.14. The number of aryl methyl sites for hydroxylation is 1. The lowest BCUT2D eigenvalue weighted by Crippen LogP contribution is -2.24. The molecule has 24 heavy (non-hydrogen) atoms. The Bertz CT molecular complexity index is 694. The molecule has 0 fully saturated rings. The minimum Gasteiger partial charge on any atom is -0.480 e. The van der Waals surface area contributed by atoms with Gasteiger partial charge in [-0.05, 0) is 24.8 Å². The molecule has 0 radical (unpaired) electrons. The normalized spacial score (nSPS) is 11.9. The Kier molecular flexibility index (Phi) is 6.06. The molecular weight excluding hydrogens is 308 g/mol. The van der Waals surface area contributed by atoms with Gasteiger partial charge in [-0.2, -0.15) is 0 Å². The summed E-state index contributed by atoms with van der Waals surface area (Å²) in [5, 5.41) is 19.0. The first kappa shape index (κ1) is 17.7. The maximum Gasteiger partial charge on any atom is 0.325 e. The molecule has 7 heteroatoms. The number of nitrogens with one attached hydrogen (secondary N) is 1. The van der Waals surface area contributed by atoms with Crippen molar-refractivity contribution in [2.45, 2.75) is 45.7 Å². The van der Waals surface area contributed by atoms with Crippen LogP contribution in [0.4, 0.5) is 0 Å². The maximum atomic E-state index is 12.2. The predicted octanol–water partition coefficient (Wildman–Crippen LogP) is 1.87. The van der Waals surface area contributed by atoms with E-state index in [1.165, 1.54) is 16.4 Å². The summed E-state index contributed by atoms with van der Waals surface area (Å²) in [6.07, 6.45) is 2.81. The van der Waals surface area contributed by atoms with Crippen LogP contribution in [0.2, 0.25) is 0 Å². The molecule has 0 aliphatic rings. The van der Waals surface area contributed by atoms with E-state index in [4.69, 9.17) is 5.11 Å². The van der Waals surface area contributed by atoms with E-state index in [9.17, 15) is 9.59 Å². The van der Waals surface area contributed by atoms with E-state index in [0.29, 0.717) is 12.1 Å². The van der Waals surface area contributed by atoms with Crippen molar-refractivity contribution in [2.75, 3.05) is 0 Å². The number of hydrogen-bond acceptors (Lipinski definition) is 4. The number of nitrogens with zero attached hydrogens (tertiary/aromatic N) is 3. The molecule has 0 spiro atoms. The molecule has 0 bridgehead atoms. The van der Waals surface area contributed by atoms with Gasteiger partial charge in [0.25, 0.3) is 0 Å². The summed E-state index contributed by atoms with van der Waals surface area (Å²) in [7, 11) is 0. The van der Waals surface area contributed by atoms with Crippen molar-refractivity contribution in [3.8, 4) is 0 Å². The van der Waals surface area contributed by atoms with Gasteiger partial charge in [0, 0.05) is 6.42 Å². The van der Waals surface area contributed by atoms with Crippen molar-refractivity contribution in [2.24, 2.45) is 0 Å². The lowest BCUT2D eigenvalue weighted by Gasteiger charge is -2.15. The molecule has 2 rings (SSSR count). The van der Waals surface area contributed by atoms with E-state index < -0.39 is 5.97 Å². The summed E-state index contributed by atoms with van der Waals surface area (Å²) in [6, 6.07) is 8.23. The SMILES string of the molecule is CCC(CC(=O)NCc1cn(CC(=O)O)nn1)c1ccc(C)cc1. The fourth-order valence-corrected chi connectivity index (χ4v) is 2.46. The van der Waals surface area contributed by atoms with Crippen molar-refractivity contribution in [3.63, 3.8) is 0 Å². The summed E-state index contributed by atoms with van der Waals surface area (Å²) >= 11 is 0. The Hall–Kier alpha value is -2.70. The second kappa shape index (κ2) is 8.24. The quantitative estimate of drug-likeness (QED) is 0.770. The number of carbonyl (C=O) groups is 2. The molecule has 0 saturated carbocycles. The number of carboxylic acid groups (broad SMARTS) is 1. The molecule has 0 aliphatic heterocycles. The smallest absolute Gasteiger partial charge is 0.325 e. The highest BCUT2D eigenvalue weighted by atomic mass is 16.4. The molecule has 1 heterocycles. The van der Waals surface area contributed by atoms with Gasteiger partial charge >= 0.3 is 5.97 Å². The van der Waals surface area contributed by atoms with Gasteiger partial charge < -0.3 is 10.4 Å². The zero-order valence-electron chi connectivity index (χ0n) is 13.9. The zero-order valence-corrected chi connectivity index (χ0v) is 13.9. The van der Waals surface area contributed by atoms with E-state index in [0.717, 1.165) is 12.0 Å². The van der Waals surface area contributed by atoms with Gasteiger partial charge in [0.2, 0.25) is 5.91 Å². The van der Waals surface area contributed by atoms with Crippen LogP contribution < -0.4 is 5.32 Å². The highest BCUT2D eigenvalue weighted by molar-refractivity contribution is 5.76. The van der Waals surface area contributed by atoms with E-state index in [2.05, 4.69) is 46.8 Å². The van der Waals surface area contributed by atoms with Crippen LogP contribution in [0.25, 0.3) is 0 Å². The van der Waals surface area contributed by atoms with Crippen LogP contribution in [0.15, 0.2) is 30.5 Å². The highest BCUT2D eigenvalue weighted by Crippen LogP contribution is 2.23. The fourth-order valence-electron chi connectivity index (χ4n) is 2.46. The lowest BCUT2D eigenvalue weighted by molar-refractivity contribution is -0.138. The molecule has 1 aromatic heterocycles. The van der Waals surface area contributed by atoms with Crippen LogP contribution in [0.1, 0.15) is 42.5 Å². The summed E-state index contributed by atoms with van der Waals surface area (Å²) in [6.45, 7) is 4.10. The number of benzene rings is 1. The first-order valence-electron chi connectivity index (χ1n) is 7.92. The Labute approximate surface area is 140 Å². The molecule has 2 N–H and O–H groups in total. The van der Waals surface area contributed by atoms with Gasteiger partial charge in [-0.3, -0.25) is 9.59 Å². The average molecular weight is 330 g/mol. The van der Waals surface area contributed by atoms with Gasteiger partial charge in [0.15, 0.2) is 0 Å². The largest absolute Gasteiger partial charge is 0.480 e. The van der Waals surface area contributed by atoms with Crippen LogP contribution in [0.5, 0.6) is 0 Å². The van der Waals surface area contributed by atoms with E-state index in [1.807, 2.05) is 6.92 Å². The second-order valence-electron chi connectivity index (χ2n) is 5.80. The number of carboxylic acids is 1. The van der Waals surface area contributed by atoms with Crippen molar-refractivity contribution in [1.29, 1.82) is 0 Å². The van der Waals surface area contributed by atoms with Gasteiger partial charge in [0.1, 0.15) is 12.2 Å². The van der Waals surface area contributed by atoms with Gasteiger partial charge in [-0.1, -0.05) is 42.0 Å². The molecule has 0 saturated heterocycles. The van der Waals surface area contributed by atoms with Gasteiger partial charge in [-0.15, -0.1) is 5.10 Å². The first-order valence-corrected chi connectivity index (χ1v) is 7.92. The Morgan fingerprint density at radius 2 is 2.00 bits per heavy atom. The third kappa shape index (κ3) is 5.19. The number of aliphatic carboxylic acids is 1. The number of amides is 1. The number of aromatic nitrogens is 3. The Morgan fingerprint density at radius 1 is 1.29 bits per heavy atom. The molecule has 7 nitrogen and oxygen atoms in total. The standard InChI is InChI=1S/C17H22N4O3/c1-3-13(14-6-4-12(2)5-7-14)8-16(22)18-9-15-10-21(20-19-15)11-17(23)24/h4-7,10,13H,3,8-9,11H2,1-2H3,(H,18,22)(H,23,24). The third-order valence-corrected chi connectivity index (χ3v) is 3.82. The van der Waals surface area contributed by atoms with Gasteiger partial charge in [-0.25, -0.2) is 4.68 Å². The van der Waals surface area contributed by atoms with Crippen LogP contribution >= 0.6 is 0 Å². The van der Waals surface area contributed by atoms with Crippen molar-refractivity contribution in [3.05, 3.63) is 47.3 Å². The zero-order chi connectivity index (χ0) is 17.5. The molecule has 1 unspecified atom stereocenters. The lowest BCUT2D eigenvalue weighted by atomic mass is 9.92. The first-order chi connectivity index (χ1) is 11.5. The molecule has 2 aromatic rings. The molecule has 0 aliphatic carbocycles. The molecule has 1 aromatic carbocycles. The van der Waals surface area contributed by atoms with E-state index >= 15 is 0 Å². The van der Waals surface area contributed by atoms with Crippen molar-refractivity contribution < 1.29 is 14.7 Å². The maximum absolute atomic E-state index is 12.2. The van der Waals surface area contributed by atoms with Crippen LogP contribution in [-0.2, 0) is 22.7 Å². The van der Waals surface area contributed by atoms with E-state index in [-0.39, 0.29) is 24.9 Å².